The van der Waals surface area contributed by atoms with E-state index in [0.29, 0.717) is 11.5 Å². The number of carbonyl (C=O) groups excluding carboxylic acids is 1. The highest BCUT2D eigenvalue weighted by molar-refractivity contribution is 14.1. The molecule has 0 atom stereocenters. The van der Waals surface area contributed by atoms with E-state index in [1.54, 1.807) is 16.9 Å². The Hall–Kier alpha value is -2.35. The topological polar surface area (TPSA) is 34.5 Å². The zero-order valence-electron chi connectivity index (χ0n) is 20.2. The second-order valence-electron chi connectivity index (χ2n) is 9.48. The minimum Gasteiger partial charge on any atom is -0.331 e. The number of piperidine rings is 1. The molecule has 36 heavy (non-hydrogen) atoms. The molecule has 0 aliphatic carbocycles. The summed E-state index contributed by atoms with van der Waals surface area (Å²) in [5, 5.41) is 2.06. The van der Waals surface area contributed by atoms with Crippen molar-refractivity contribution in [2.45, 2.75) is 38.0 Å². The van der Waals surface area contributed by atoms with E-state index in [-0.39, 0.29) is 5.97 Å². The summed E-state index contributed by atoms with van der Waals surface area (Å²) in [5.74, 6) is 0.117. The van der Waals surface area contributed by atoms with E-state index < -0.39 is 0 Å². The largest absolute Gasteiger partial charge is 0.363 e. The Morgan fingerprint density at radius 3 is 2.50 bits per heavy atom. The first-order chi connectivity index (χ1) is 17.6. The minimum absolute atomic E-state index is 0.343. The Balaban J connectivity index is 1.21. The highest BCUT2D eigenvalue weighted by atomic mass is 127. The van der Waals surface area contributed by atoms with Gasteiger partial charge in [-0.15, -0.1) is 0 Å². The van der Waals surface area contributed by atoms with Crippen molar-refractivity contribution >= 4 is 51.1 Å². The van der Waals surface area contributed by atoms with Crippen LogP contribution in [-0.4, -0.2) is 35.2 Å². The molecule has 0 radical (unpaired) electrons. The molecule has 0 spiro atoms. The molecule has 0 bridgehead atoms. The smallest absolute Gasteiger partial charge is 0.331 e. The minimum atomic E-state index is -0.343. The molecule has 2 heterocycles. The van der Waals surface area contributed by atoms with E-state index >= 15 is 0 Å². The first-order valence-corrected chi connectivity index (χ1v) is 14.1. The van der Waals surface area contributed by atoms with Crippen LogP contribution in [0.4, 0.5) is 0 Å². The van der Waals surface area contributed by atoms with Crippen molar-refractivity contribution < 1.29 is 9.63 Å². The molecule has 4 aromatic rings. The molecular formula is C30H30ClIN2O2. The van der Waals surface area contributed by atoms with Gasteiger partial charge in [0.2, 0.25) is 0 Å². The third-order valence-electron chi connectivity index (χ3n) is 7.11. The van der Waals surface area contributed by atoms with Crippen LogP contribution in [0.15, 0.2) is 79.0 Å². The van der Waals surface area contributed by atoms with Crippen LogP contribution in [0.1, 0.15) is 53.1 Å². The average molecular weight is 613 g/mol. The monoisotopic (exact) mass is 612 g/mol. The third-order valence-corrected chi connectivity index (χ3v) is 8.15. The highest BCUT2D eigenvalue weighted by Crippen LogP contribution is 2.35. The first kappa shape index (κ1) is 25.3. The second-order valence-corrected chi connectivity index (χ2v) is 11.1. The fourth-order valence-corrected chi connectivity index (χ4v) is 5.86. The number of rotatable bonds is 8. The molecule has 5 rings (SSSR count). The van der Waals surface area contributed by atoms with E-state index in [2.05, 4.69) is 51.8 Å². The number of benzene rings is 3. The van der Waals surface area contributed by atoms with E-state index in [0.717, 1.165) is 55.9 Å². The van der Waals surface area contributed by atoms with Gasteiger partial charge >= 0.3 is 5.97 Å². The summed E-state index contributed by atoms with van der Waals surface area (Å²) in [6.07, 6.45) is 7.64. The Morgan fingerprint density at radius 2 is 1.72 bits per heavy atom. The van der Waals surface area contributed by atoms with Crippen LogP contribution in [0.25, 0.3) is 10.9 Å². The van der Waals surface area contributed by atoms with Crippen LogP contribution in [0.5, 0.6) is 0 Å². The first-order valence-electron chi connectivity index (χ1n) is 12.6. The lowest BCUT2D eigenvalue weighted by Crippen LogP contribution is -2.33. The fourth-order valence-electron chi connectivity index (χ4n) is 5.13. The lowest BCUT2D eigenvalue weighted by molar-refractivity contribution is 0.0481. The predicted octanol–water partition coefficient (Wildman–Crippen LogP) is 7.37. The van der Waals surface area contributed by atoms with E-state index in [1.165, 1.54) is 26.5 Å². The van der Waals surface area contributed by atoms with Crippen LogP contribution in [0.2, 0.25) is 5.02 Å². The third kappa shape index (κ3) is 5.96. The van der Waals surface area contributed by atoms with Crippen LogP contribution in [0, 0.1) is 3.57 Å². The quantitative estimate of drug-likeness (QED) is 0.154. The van der Waals surface area contributed by atoms with Gasteiger partial charge in [0, 0.05) is 20.2 Å². The lowest BCUT2D eigenvalue weighted by Gasteiger charge is -2.32. The highest BCUT2D eigenvalue weighted by Gasteiger charge is 2.25. The summed E-state index contributed by atoms with van der Waals surface area (Å²) < 4.78 is 2.85. The van der Waals surface area contributed by atoms with Crippen LogP contribution < -0.4 is 4.84 Å². The van der Waals surface area contributed by atoms with Gasteiger partial charge in [-0.25, -0.2) is 4.79 Å². The van der Waals surface area contributed by atoms with E-state index in [4.69, 9.17) is 16.4 Å². The van der Waals surface area contributed by atoms with Gasteiger partial charge in [-0.1, -0.05) is 48.0 Å². The Labute approximate surface area is 231 Å². The lowest BCUT2D eigenvalue weighted by atomic mass is 9.89. The predicted molar refractivity (Wildman–Crippen MR) is 155 cm³/mol. The molecule has 3 aromatic carbocycles. The zero-order valence-corrected chi connectivity index (χ0v) is 23.1. The molecule has 0 N–H and O–H groups in total. The van der Waals surface area contributed by atoms with Crippen LogP contribution in [0.3, 0.4) is 0 Å². The summed E-state index contributed by atoms with van der Waals surface area (Å²) in [6, 6.07) is 23.6. The summed E-state index contributed by atoms with van der Waals surface area (Å²) in [6.45, 7) is 3.32. The summed E-state index contributed by atoms with van der Waals surface area (Å²) in [5.41, 5.74) is 4.02. The normalized spacial score (nSPS) is 14.8. The number of aryl methyl sites for hydroxylation is 1. The van der Waals surface area contributed by atoms with Gasteiger partial charge in [-0.2, -0.15) is 4.73 Å². The molecule has 0 amide bonds. The number of carbonyl (C=O) groups is 1. The molecule has 6 heteroatoms. The van der Waals surface area contributed by atoms with Gasteiger partial charge in [0.05, 0.1) is 11.1 Å². The van der Waals surface area contributed by atoms with E-state index in [1.807, 2.05) is 42.6 Å². The van der Waals surface area contributed by atoms with Crippen molar-refractivity contribution in [3.8, 4) is 0 Å². The van der Waals surface area contributed by atoms with Crippen molar-refractivity contribution in [3.05, 3.63) is 104 Å². The van der Waals surface area contributed by atoms with Gasteiger partial charge in [0.15, 0.2) is 0 Å². The summed E-state index contributed by atoms with van der Waals surface area (Å²) >= 11 is 8.65. The number of hydrogen-bond acceptors (Lipinski definition) is 3. The number of unbranched alkanes of at least 4 members (excludes halogenated alkanes) is 1. The Bertz CT molecular complexity index is 1330. The molecule has 0 unspecified atom stereocenters. The SMILES string of the molecule is O=C(On1cc(C2CCN(CCCCc3ccccc3Cl)CC2)c2cc(I)ccc21)c1ccccc1. The molecule has 1 aliphatic rings. The van der Waals surface area contributed by atoms with Gasteiger partial charge in [-0.05, 0) is 128 Å². The number of nitrogens with zero attached hydrogens (tertiary/aromatic N) is 2. The molecule has 1 aliphatic heterocycles. The van der Waals surface area contributed by atoms with Crippen molar-refractivity contribution in [2.24, 2.45) is 0 Å². The molecule has 1 saturated heterocycles. The molecule has 1 fully saturated rings. The number of hydrogen-bond donors (Lipinski definition) is 0. The van der Waals surface area contributed by atoms with Crippen molar-refractivity contribution in [3.63, 3.8) is 0 Å². The molecule has 0 saturated carbocycles. The molecular weight excluding hydrogens is 583 g/mol. The zero-order chi connectivity index (χ0) is 24.9. The number of fused-ring (bicyclic) bond motifs is 1. The molecule has 186 valence electrons. The Kier molecular flexibility index (Phi) is 8.29. The van der Waals surface area contributed by atoms with Crippen LogP contribution >= 0.6 is 34.2 Å². The Morgan fingerprint density at radius 1 is 0.972 bits per heavy atom. The van der Waals surface area contributed by atoms with Gasteiger partial charge in [0.1, 0.15) is 0 Å². The molecule has 1 aromatic heterocycles. The summed E-state index contributed by atoms with van der Waals surface area (Å²) in [7, 11) is 0. The van der Waals surface area contributed by atoms with Crippen molar-refractivity contribution in [1.82, 2.24) is 9.63 Å². The van der Waals surface area contributed by atoms with Gasteiger partial charge < -0.3 is 9.74 Å². The standard InChI is InChI=1S/C30H30ClIN2O2/c31-28-12-5-4-8-23(28)9-6-7-17-33-18-15-22(16-19-33)27-21-34(29-14-13-25(32)20-26(27)29)36-30(35)24-10-2-1-3-11-24/h1-5,8,10-14,20-22H,6-7,9,15-19H2. The van der Waals surface area contributed by atoms with Gasteiger partial charge in [-0.3, -0.25) is 0 Å². The maximum Gasteiger partial charge on any atom is 0.363 e. The van der Waals surface area contributed by atoms with Crippen molar-refractivity contribution in [2.75, 3.05) is 19.6 Å². The number of halogens is 2. The summed E-state index contributed by atoms with van der Waals surface area (Å²) in [4.78, 5) is 21.1. The second kappa shape index (κ2) is 11.8. The maximum atomic E-state index is 12.7. The number of aromatic nitrogens is 1. The van der Waals surface area contributed by atoms with E-state index in [9.17, 15) is 4.79 Å². The van der Waals surface area contributed by atoms with Gasteiger partial charge in [0.25, 0.3) is 0 Å². The van der Waals surface area contributed by atoms with Crippen molar-refractivity contribution in [1.29, 1.82) is 0 Å². The average Bonchev–Trinajstić information content (AvgIpc) is 3.25. The molecule has 4 nitrogen and oxygen atoms in total. The number of likely N-dealkylation sites (tertiary alicyclic amines) is 1. The fraction of sp³-hybridized carbons (Fsp3) is 0.300. The van der Waals surface area contributed by atoms with Crippen LogP contribution in [-0.2, 0) is 6.42 Å². The maximum absolute atomic E-state index is 12.7.